The third-order valence-corrected chi connectivity index (χ3v) is 2.74. The van der Waals surface area contributed by atoms with E-state index in [1.54, 1.807) is 18.3 Å². The molecular formula is C14H11NO2. The van der Waals surface area contributed by atoms with Crippen LogP contribution in [0.3, 0.4) is 0 Å². The Balaban J connectivity index is 1.93. The number of hydrogen-bond donors (Lipinski definition) is 1. The standard InChI is InChI=1S/C14H11NO2/c16-12-4-1-10(2-5-12)13-6-3-11-9-15-8-7-14(11)17-13/h1-2,4-9,16H,3H2. The molecule has 1 aliphatic heterocycles. The summed E-state index contributed by atoms with van der Waals surface area (Å²) in [7, 11) is 0. The van der Waals surface area contributed by atoms with Gasteiger partial charge < -0.3 is 9.84 Å². The molecule has 3 nitrogen and oxygen atoms in total. The summed E-state index contributed by atoms with van der Waals surface area (Å²) in [6, 6.07) is 8.85. The van der Waals surface area contributed by atoms with Crippen LogP contribution in [0.2, 0.25) is 0 Å². The molecule has 0 unspecified atom stereocenters. The molecular weight excluding hydrogens is 214 g/mol. The topological polar surface area (TPSA) is 42.4 Å². The molecule has 1 aromatic heterocycles. The van der Waals surface area contributed by atoms with Crippen molar-refractivity contribution < 1.29 is 9.84 Å². The number of rotatable bonds is 1. The summed E-state index contributed by atoms with van der Waals surface area (Å²) in [6.45, 7) is 0. The van der Waals surface area contributed by atoms with E-state index in [4.69, 9.17) is 4.74 Å². The van der Waals surface area contributed by atoms with Crippen molar-refractivity contribution in [2.45, 2.75) is 6.42 Å². The molecule has 0 spiro atoms. The summed E-state index contributed by atoms with van der Waals surface area (Å²) >= 11 is 0. The van der Waals surface area contributed by atoms with Gasteiger partial charge in [-0.2, -0.15) is 0 Å². The normalized spacial score (nSPS) is 13.5. The molecule has 0 bridgehead atoms. The molecule has 0 amide bonds. The largest absolute Gasteiger partial charge is 0.508 e. The summed E-state index contributed by atoms with van der Waals surface area (Å²) in [5.41, 5.74) is 2.06. The zero-order chi connectivity index (χ0) is 11.7. The third-order valence-electron chi connectivity index (χ3n) is 2.74. The van der Waals surface area contributed by atoms with Crippen LogP contribution in [-0.2, 0) is 6.42 Å². The first kappa shape index (κ1) is 9.90. The van der Waals surface area contributed by atoms with Gasteiger partial charge in [0.25, 0.3) is 0 Å². The lowest BCUT2D eigenvalue weighted by atomic mass is 10.1. The minimum atomic E-state index is 0.259. The summed E-state index contributed by atoms with van der Waals surface area (Å²) in [5, 5.41) is 9.24. The molecule has 3 heteroatoms. The Kier molecular flexibility index (Phi) is 2.29. The summed E-state index contributed by atoms with van der Waals surface area (Å²) in [5.74, 6) is 1.93. The Bertz CT molecular complexity index is 573. The van der Waals surface area contributed by atoms with Gasteiger partial charge in [0, 0.05) is 23.5 Å². The molecule has 84 valence electrons. The summed E-state index contributed by atoms with van der Waals surface area (Å²) in [4.78, 5) is 4.07. The number of aromatic nitrogens is 1. The maximum Gasteiger partial charge on any atom is 0.134 e. The van der Waals surface area contributed by atoms with Gasteiger partial charge in [-0.25, -0.2) is 0 Å². The van der Waals surface area contributed by atoms with Crippen LogP contribution in [0.25, 0.3) is 5.76 Å². The molecule has 0 saturated carbocycles. The van der Waals surface area contributed by atoms with E-state index in [0.29, 0.717) is 0 Å². The fraction of sp³-hybridized carbons (Fsp3) is 0.0714. The van der Waals surface area contributed by atoms with Crippen molar-refractivity contribution >= 4 is 5.76 Å². The highest BCUT2D eigenvalue weighted by atomic mass is 16.5. The lowest BCUT2D eigenvalue weighted by Gasteiger charge is -2.17. The SMILES string of the molecule is Oc1ccc(C2=CCc3cnccc3O2)cc1. The average molecular weight is 225 g/mol. The van der Waals surface area contributed by atoms with Crippen LogP contribution in [0.5, 0.6) is 11.5 Å². The second-order valence-corrected chi connectivity index (χ2v) is 3.90. The lowest BCUT2D eigenvalue weighted by molar-refractivity contribution is 0.474. The Hall–Kier alpha value is -2.29. The first-order valence-electron chi connectivity index (χ1n) is 5.43. The van der Waals surface area contributed by atoms with Gasteiger partial charge in [-0.15, -0.1) is 0 Å². The Labute approximate surface area is 99.0 Å². The van der Waals surface area contributed by atoms with Crippen molar-refractivity contribution in [2.75, 3.05) is 0 Å². The predicted octanol–water partition coefficient (Wildman–Crippen LogP) is 2.76. The van der Waals surface area contributed by atoms with Crippen molar-refractivity contribution in [1.29, 1.82) is 0 Å². The number of allylic oxidation sites excluding steroid dienone is 1. The summed E-state index contributed by atoms with van der Waals surface area (Å²) in [6.07, 6.45) is 6.38. The van der Waals surface area contributed by atoms with Crippen LogP contribution >= 0.6 is 0 Å². The number of phenolic OH excluding ortho intramolecular Hbond substituents is 1. The fourth-order valence-corrected chi connectivity index (χ4v) is 1.83. The third kappa shape index (κ3) is 1.87. The van der Waals surface area contributed by atoms with E-state index in [9.17, 15) is 5.11 Å². The maximum atomic E-state index is 9.24. The second kappa shape index (κ2) is 3.94. The van der Waals surface area contributed by atoms with Gasteiger partial charge in [-0.05, 0) is 42.8 Å². The minimum Gasteiger partial charge on any atom is -0.508 e. The number of pyridine rings is 1. The highest BCUT2D eigenvalue weighted by molar-refractivity contribution is 5.65. The summed E-state index contributed by atoms with van der Waals surface area (Å²) < 4.78 is 5.80. The van der Waals surface area contributed by atoms with Crippen LogP contribution < -0.4 is 4.74 Å². The van der Waals surface area contributed by atoms with Crippen LogP contribution in [0.15, 0.2) is 48.8 Å². The number of phenols is 1. The molecule has 1 aliphatic rings. The monoisotopic (exact) mass is 225 g/mol. The molecule has 2 heterocycles. The first-order chi connectivity index (χ1) is 8.33. The Morgan fingerprint density at radius 1 is 1.12 bits per heavy atom. The maximum absolute atomic E-state index is 9.24. The van der Waals surface area contributed by atoms with Crippen LogP contribution in [-0.4, -0.2) is 10.1 Å². The second-order valence-electron chi connectivity index (χ2n) is 3.90. The van der Waals surface area contributed by atoms with E-state index in [1.807, 2.05) is 30.5 Å². The smallest absolute Gasteiger partial charge is 0.134 e. The van der Waals surface area contributed by atoms with Crippen molar-refractivity contribution in [1.82, 2.24) is 4.98 Å². The van der Waals surface area contributed by atoms with Gasteiger partial charge in [-0.1, -0.05) is 0 Å². The van der Waals surface area contributed by atoms with Gasteiger partial charge in [-0.3, -0.25) is 4.98 Å². The van der Waals surface area contributed by atoms with Crippen LogP contribution in [0.1, 0.15) is 11.1 Å². The van der Waals surface area contributed by atoms with E-state index in [2.05, 4.69) is 4.98 Å². The van der Waals surface area contributed by atoms with Crippen molar-refractivity contribution in [2.24, 2.45) is 0 Å². The van der Waals surface area contributed by atoms with E-state index in [1.165, 1.54) is 0 Å². The van der Waals surface area contributed by atoms with Gasteiger partial charge in [0.15, 0.2) is 0 Å². The van der Waals surface area contributed by atoms with Crippen molar-refractivity contribution in [3.8, 4) is 11.5 Å². The zero-order valence-corrected chi connectivity index (χ0v) is 9.13. The van der Waals surface area contributed by atoms with E-state index in [-0.39, 0.29) is 5.75 Å². The molecule has 0 fully saturated rings. The van der Waals surface area contributed by atoms with E-state index < -0.39 is 0 Å². The highest BCUT2D eigenvalue weighted by Crippen LogP contribution is 2.30. The molecule has 0 aliphatic carbocycles. The zero-order valence-electron chi connectivity index (χ0n) is 9.13. The molecule has 2 aromatic rings. The Morgan fingerprint density at radius 2 is 1.94 bits per heavy atom. The fourth-order valence-electron chi connectivity index (χ4n) is 1.83. The number of ether oxygens (including phenoxy) is 1. The number of aromatic hydroxyl groups is 1. The molecule has 1 N–H and O–H groups in total. The minimum absolute atomic E-state index is 0.259. The van der Waals surface area contributed by atoms with Gasteiger partial charge in [0.1, 0.15) is 17.3 Å². The van der Waals surface area contributed by atoms with Gasteiger partial charge >= 0.3 is 0 Å². The molecule has 0 atom stereocenters. The molecule has 1 aromatic carbocycles. The molecule has 3 rings (SSSR count). The molecule has 0 saturated heterocycles. The predicted molar refractivity (Wildman–Crippen MR) is 64.7 cm³/mol. The van der Waals surface area contributed by atoms with Crippen molar-refractivity contribution in [3.63, 3.8) is 0 Å². The Morgan fingerprint density at radius 3 is 2.76 bits per heavy atom. The molecule has 17 heavy (non-hydrogen) atoms. The molecule has 0 radical (unpaired) electrons. The number of fused-ring (bicyclic) bond motifs is 1. The first-order valence-corrected chi connectivity index (χ1v) is 5.43. The van der Waals surface area contributed by atoms with Crippen LogP contribution in [0, 0.1) is 0 Å². The van der Waals surface area contributed by atoms with Crippen LogP contribution in [0.4, 0.5) is 0 Å². The lowest BCUT2D eigenvalue weighted by Crippen LogP contribution is -2.04. The van der Waals surface area contributed by atoms with Crippen molar-refractivity contribution in [3.05, 3.63) is 59.9 Å². The van der Waals surface area contributed by atoms with E-state index >= 15 is 0 Å². The number of benzene rings is 1. The number of nitrogens with zero attached hydrogens (tertiary/aromatic N) is 1. The van der Waals surface area contributed by atoms with Gasteiger partial charge in [0.05, 0.1) is 0 Å². The highest BCUT2D eigenvalue weighted by Gasteiger charge is 2.13. The average Bonchev–Trinajstić information content (AvgIpc) is 2.39. The van der Waals surface area contributed by atoms with E-state index in [0.717, 1.165) is 29.1 Å². The number of hydrogen-bond acceptors (Lipinski definition) is 3. The quantitative estimate of drug-likeness (QED) is 0.811. The van der Waals surface area contributed by atoms with Gasteiger partial charge in [0.2, 0.25) is 0 Å².